The summed E-state index contributed by atoms with van der Waals surface area (Å²) in [5.41, 5.74) is 4.77. The summed E-state index contributed by atoms with van der Waals surface area (Å²) in [4.78, 5) is 4.69. The summed E-state index contributed by atoms with van der Waals surface area (Å²) in [6, 6.07) is 7.85. The van der Waals surface area contributed by atoms with E-state index >= 15 is 0 Å². The Morgan fingerprint density at radius 2 is 2.03 bits per heavy atom. The molecule has 0 amide bonds. The van der Waals surface area contributed by atoms with Gasteiger partial charge in [0.15, 0.2) is 0 Å². The monoisotopic (exact) mass is 500 g/mol. The normalized spacial score (nSPS) is 13.4. The number of benzene rings is 1. The minimum Gasteiger partial charge on any atom is -0.497 e. The molecule has 0 bridgehead atoms. The van der Waals surface area contributed by atoms with Crippen LogP contribution in [0.15, 0.2) is 41.2 Å². The average Bonchev–Trinajstić information content (AvgIpc) is 3.30. The van der Waals surface area contributed by atoms with Crippen LogP contribution in [0, 0.1) is 0 Å². The zero-order valence-electron chi connectivity index (χ0n) is 21.1. The summed E-state index contributed by atoms with van der Waals surface area (Å²) < 4.78 is 18.8. The van der Waals surface area contributed by atoms with Gasteiger partial charge in [-0.15, -0.1) is 5.10 Å². The van der Waals surface area contributed by atoms with Gasteiger partial charge in [0.1, 0.15) is 40.2 Å². The molecule has 0 atom stereocenters. The van der Waals surface area contributed by atoms with Gasteiger partial charge in [0.2, 0.25) is 0 Å². The number of methoxy groups -OCH3 is 2. The Hall–Kier alpha value is -4.41. The number of nitrogens with zero attached hydrogens (tertiary/aromatic N) is 6. The summed E-state index contributed by atoms with van der Waals surface area (Å²) in [5.74, 6) is 3.33. The summed E-state index contributed by atoms with van der Waals surface area (Å²) in [5, 5.41) is 24.9. The van der Waals surface area contributed by atoms with Crippen LogP contribution in [0.5, 0.6) is 11.5 Å². The van der Waals surface area contributed by atoms with Gasteiger partial charge in [0, 0.05) is 36.3 Å². The SMILES string of the molecule is COc1ccc(CNc2nccc3c2c(-c2noc(C4CC4)c2-c2c[nH]nn2)nn3C(C)C)c(OC)c1. The molecule has 11 nitrogen and oxygen atoms in total. The van der Waals surface area contributed by atoms with E-state index in [4.69, 9.17) is 24.1 Å². The summed E-state index contributed by atoms with van der Waals surface area (Å²) in [6.45, 7) is 4.69. The average molecular weight is 501 g/mol. The fourth-order valence-corrected chi connectivity index (χ4v) is 4.62. The Balaban J connectivity index is 1.48. The van der Waals surface area contributed by atoms with E-state index in [1.807, 2.05) is 28.9 Å². The van der Waals surface area contributed by atoms with Crippen LogP contribution in [0.4, 0.5) is 5.82 Å². The molecule has 4 aromatic heterocycles. The molecule has 11 heteroatoms. The molecule has 1 saturated carbocycles. The molecule has 37 heavy (non-hydrogen) atoms. The van der Waals surface area contributed by atoms with Gasteiger partial charge in [-0.3, -0.25) is 9.78 Å². The van der Waals surface area contributed by atoms with Crippen LogP contribution in [0.3, 0.4) is 0 Å². The lowest BCUT2D eigenvalue weighted by Gasteiger charge is -2.13. The topological polar surface area (TPSA) is 129 Å². The molecular weight excluding hydrogens is 472 g/mol. The van der Waals surface area contributed by atoms with Gasteiger partial charge in [-0.25, -0.2) is 4.98 Å². The van der Waals surface area contributed by atoms with Gasteiger partial charge in [-0.2, -0.15) is 5.10 Å². The lowest BCUT2D eigenvalue weighted by Crippen LogP contribution is -2.05. The van der Waals surface area contributed by atoms with E-state index in [1.165, 1.54) is 0 Å². The van der Waals surface area contributed by atoms with Crippen LogP contribution >= 0.6 is 0 Å². The maximum Gasteiger partial charge on any atom is 0.150 e. The van der Waals surface area contributed by atoms with Crippen LogP contribution in [0.1, 0.15) is 50.0 Å². The third-order valence-electron chi connectivity index (χ3n) is 6.61. The molecule has 5 aromatic rings. The fourth-order valence-electron chi connectivity index (χ4n) is 4.62. The van der Waals surface area contributed by atoms with Crippen LogP contribution in [-0.4, -0.2) is 49.6 Å². The van der Waals surface area contributed by atoms with Crippen LogP contribution in [0.2, 0.25) is 0 Å². The van der Waals surface area contributed by atoms with Crippen molar-refractivity contribution in [1.29, 1.82) is 0 Å². The van der Waals surface area contributed by atoms with E-state index in [-0.39, 0.29) is 6.04 Å². The summed E-state index contributed by atoms with van der Waals surface area (Å²) in [7, 11) is 3.28. The number of H-pyrrole nitrogens is 1. The molecule has 2 N–H and O–H groups in total. The van der Waals surface area contributed by atoms with E-state index in [0.717, 1.165) is 52.1 Å². The lowest BCUT2D eigenvalue weighted by molar-refractivity contribution is 0.386. The summed E-state index contributed by atoms with van der Waals surface area (Å²) in [6.07, 6.45) is 5.69. The second-order valence-corrected chi connectivity index (χ2v) is 9.38. The van der Waals surface area contributed by atoms with Crippen molar-refractivity contribution in [3.05, 3.63) is 48.0 Å². The van der Waals surface area contributed by atoms with Gasteiger partial charge in [-0.1, -0.05) is 10.4 Å². The molecule has 0 radical (unpaired) electrons. The van der Waals surface area contributed by atoms with Crippen molar-refractivity contribution >= 4 is 16.7 Å². The second-order valence-electron chi connectivity index (χ2n) is 9.38. The highest BCUT2D eigenvalue weighted by molar-refractivity contribution is 6.02. The maximum atomic E-state index is 5.89. The number of ether oxygens (including phenoxy) is 2. The first-order chi connectivity index (χ1) is 18.1. The van der Waals surface area contributed by atoms with Crippen molar-refractivity contribution in [2.24, 2.45) is 0 Å². The molecule has 1 aromatic carbocycles. The third kappa shape index (κ3) is 4.05. The first-order valence-corrected chi connectivity index (χ1v) is 12.3. The molecule has 4 heterocycles. The maximum absolute atomic E-state index is 5.89. The number of nitrogens with one attached hydrogen (secondary N) is 2. The van der Waals surface area contributed by atoms with Crippen LogP contribution in [0.25, 0.3) is 33.5 Å². The van der Waals surface area contributed by atoms with Crippen molar-refractivity contribution < 1.29 is 14.0 Å². The molecule has 1 aliphatic carbocycles. The summed E-state index contributed by atoms with van der Waals surface area (Å²) >= 11 is 0. The van der Waals surface area contributed by atoms with Gasteiger partial charge in [0.25, 0.3) is 0 Å². The Morgan fingerprint density at radius 1 is 1.16 bits per heavy atom. The van der Waals surface area contributed by atoms with E-state index in [2.05, 4.69) is 39.7 Å². The lowest BCUT2D eigenvalue weighted by atomic mass is 10.0. The van der Waals surface area contributed by atoms with E-state index in [1.54, 1.807) is 26.6 Å². The molecular formula is C26H28N8O3. The molecule has 1 fully saturated rings. The molecule has 190 valence electrons. The third-order valence-corrected chi connectivity index (χ3v) is 6.61. The zero-order chi connectivity index (χ0) is 25.5. The Labute approximate surface area is 213 Å². The molecule has 0 spiro atoms. The van der Waals surface area contributed by atoms with Gasteiger partial charge < -0.3 is 19.3 Å². The van der Waals surface area contributed by atoms with E-state index < -0.39 is 0 Å². The number of hydrogen-bond acceptors (Lipinski definition) is 9. The van der Waals surface area contributed by atoms with Crippen molar-refractivity contribution in [2.45, 2.75) is 45.2 Å². The van der Waals surface area contributed by atoms with E-state index in [9.17, 15) is 0 Å². The molecule has 6 rings (SSSR count). The minimum absolute atomic E-state index is 0.124. The first-order valence-electron chi connectivity index (χ1n) is 12.3. The predicted octanol–water partition coefficient (Wildman–Crippen LogP) is 4.96. The Bertz CT molecular complexity index is 1550. The van der Waals surface area contributed by atoms with Gasteiger partial charge in [-0.05, 0) is 44.9 Å². The first kappa shape index (κ1) is 23.0. The minimum atomic E-state index is 0.124. The smallest absolute Gasteiger partial charge is 0.150 e. The zero-order valence-corrected chi connectivity index (χ0v) is 21.1. The Kier molecular flexibility index (Phi) is 5.74. The van der Waals surface area contributed by atoms with Crippen molar-refractivity contribution in [1.82, 2.24) is 35.3 Å². The number of pyridine rings is 1. The molecule has 0 saturated heterocycles. The van der Waals surface area contributed by atoms with Crippen molar-refractivity contribution in [2.75, 3.05) is 19.5 Å². The number of hydrogen-bond donors (Lipinski definition) is 2. The van der Waals surface area contributed by atoms with Gasteiger partial charge >= 0.3 is 0 Å². The standard InChI is InChI=1S/C26H28N8O3/c1-14(2)34-19-9-10-27-26(28-12-16-7-8-17(35-3)11-20(16)36-4)22(19)23(31-34)24-21(18-13-29-33-30-18)25(37-32-24)15-5-6-15/h7-11,13-15H,5-6,12H2,1-4H3,(H,27,28)(H,29,30,33). The highest BCUT2D eigenvalue weighted by atomic mass is 16.5. The molecule has 0 aliphatic heterocycles. The largest absolute Gasteiger partial charge is 0.497 e. The second kappa shape index (κ2) is 9.23. The number of fused-ring (bicyclic) bond motifs is 1. The number of aromatic amines is 1. The quantitative estimate of drug-likeness (QED) is 0.288. The highest BCUT2D eigenvalue weighted by Gasteiger charge is 2.35. The van der Waals surface area contributed by atoms with E-state index in [0.29, 0.717) is 35.4 Å². The number of anilines is 1. The number of rotatable bonds is 9. The molecule has 1 aliphatic rings. The highest BCUT2D eigenvalue weighted by Crippen LogP contribution is 2.48. The fraction of sp³-hybridized carbons (Fsp3) is 0.346. The predicted molar refractivity (Wildman–Crippen MR) is 138 cm³/mol. The molecule has 0 unspecified atom stereocenters. The number of aromatic nitrogens is 7. The van der Waals surface area contributed by atoms with Crippen LogP contribution in [-0.2, 0) is 6.54 Å². The Morgan fingerprint density at radius 3 is 2.73 bits per heavy atom. The van der Waals surface area contributed by atoms with Crippen LogP contribution < -0.4 is 14.8 Å². The van der Waals surface area contributed by atoms with Crippen molar-refractivity contribution in [3.8, 4) is 34.1 Å². The van der Waals surface area contributed by atoms with Crippen molar-refractivity contribution in [3.63, 3.8) is 0 Å². The van der Waals surface area contributed by atoms with Gasteiger partial charge in [0.05, 0.1) is 36.9 Å².